The Balaban J connectivity index is 1.40. The lowest BCUT2D eigenvalue weighted by Gasteiger charge is -2.31. The van der Waals surface area contributed by atoms with E-state index in [0.29, 0.717) is 18.4 Å². The molecule has 1 aromatic carbocycles. The summed E-state index contributed by atoms with van der Waals surface area (Å²) in [5.41, 5.74) is 3.03. The van der Waals surface area contributed by atoms with E-state index in [-0.39, 0.29) is 17.9 Å². The van der Waals surface area contributed by atoms with Crippen molar-refractivity contribution in [2.45, 2.75) is 12.6 Å². The molecule has 0 unspecified atom stereocenters. The predicted octanol–water partition coefficient (Wildman–Crippen LogP) is 3.49. The smallest absolute Gasteiger partial charge is 0.320 e. The highest BCUT2D eigenvalue weighted by atomic mass is 19.1. The molecule has 7 heteroatoms. The SMILES string of the molecule is CN(C)C(=O)N1C[C@H]2CN(Cc3c[nH]c4ncccc34)C[C@H]2[C@H]1c1cccc(F)c1. The van der Waals surface area contributed by atoms with Crippen molar-refractivity contribution in [3.8, 4) is 0 Å². The van der Waals surface area contributed by atoms with Crippen LogP contribution in [-0.2, 0) is 6.54 Å². The van der Waals surface area contributed by atoms with Gasteiger partial charge in [0.05, 0.1) is 6.04 Å². The fraction of sp³-hybridized carbons (Fsp3) is 0.391. The van der Waals surface area contributed by atoms with Crippen molar-refractivity contribution in [3.63, 3.8) is 0 Å². The maximum Gasteiger partial charge on any atom is 0.320 e. The zero-order valence-corrected chi connectivity index (χ0v) is 17.3. The summed E-state index contributed by atoms with van der Waals surface area (Å²) in [6.45, 7) is 3.36. The molecular weight excluding hydrogens is 381 g/mol. The Kier molecular flexibility index (Phi) is 4.70. The van der Waals surface area contributed by atoms with Gasteiger partial charge in [-0.2, -0.15) is 0 Å². The Morgan fingerprint density at radius 1 is 1.23 bits per heavy atom. The van der Waals surface area contributed by atoms with Crippen LogP contribution in [0.1, 0.15) is 17.2 Å². The molecule has 2 aromatic heterocycles. The van der Waals surface area contributed by atoms with Gasteiger partial charge in [0.2, 0.25) is 0 Å². The van der Waals surface area contributed by atoms with E-state index in [9.17, 15) is 9.18 Å². The third-order valence-corrected chi connectivity index (χ3v) is 6.49. The van der Waals surface area contributed by atoms with Gasteiger partial charge in [0, 0.05) is 64.0 Å². The highest BCUT2D eigenvalue weighted by Gasteiger charge is 2.49. The number of pyridine rings is 1. The first-order valence-corrected chi connectivity index (χ1v) is 10.4. The third kappa shape index (κ3) is 3.23. The van der Waals surface area contributed by atoms with E-state index in [1.54, 1.807) is 37.3 Å². The monoisotopic (exact) mass is 407 g/mol. The number of hydrogen-bond donors (Lipinski definition) is 1. The summed E-state index contributed by atoms with van der Waals surface area (Å²) in [6, 6.07) is 10.7. The van der Waals surface area contributed by atoms with Crippen molar-refractivity contribution in [3.05, 3.63) is 65.7 Å². The average Bonchev–Trinajstić information content (AvgIpc) is 3.40. The van der Waals surface area contributed by atoms with E-state index in [1.165, 1.54) is 11.6 Å². The summed E-state index contributed by atoms with van der Waals surface area (Å²) in [4.78, 5) is 26.5. The molecule has 3 aromatic rings. The van der Waals surface area contributed by atoms with Gasteiger partial charge in [-0.15, -0.1) is 0 Å². The molecule has 0 bridgehead atoms. The molecule has 2 saturated heterocycles. The summed E-state index contributed by atoms with van der Waals surface area (Å²) in [7, 11) is 3.55. The number of carbonyl (C=O) groups excluding carboxylic acids is 1. The molecule has 2 fully saturated rings. The van der Waals surface area contributed by atoms with Crippen molar-refractivity contribution in [1.29, 1.82) is 0 Å². The van der Waals surface area contributed by atoms with Gasteiger partial charge in [0.25, 0.3) is 0 Å². The number of benzene rings is 1. The van der Waals surface area contributed by atoms with Gasteiger partial charge in [0.15, 0.2) is 0 Å². The molecule has 2 aliphatic heterocycles. The second-order valence-electron chi connectivity index (χ2n) is 8.66. The number of nitrogens with one attached hydrogen (secondary N) is 1. The number of urea groups is 1. The minimum Gasteiger partial charge on any atom is -0.346 e. The van der Waals surface area contributed by atoms with Crippen molar-refractivity contribution in [2.24, 2.45) is 11.8 Å². The van der Waals surface area contributed by atoms with Crippen molar-refractivity contribution in [2.75, 3.05) is 33.7 Å². The Hall–Kier alpha value is -2.93. The number of aromatic nitrogens is 2. The van der Waals surface area contributed by atoms with Crippen LogP contribution in [0.2, 0.25) is 0 Å². The first-order chi connectivity index (χ1) is 14.5. The van der Waals surface area contributed by atoms with Crippen LogP contribution in [0.4, 0.5) is 9.18 Å². The Bertz CT molecular complexity index is 1080. The van der Waals surface area contributed by atoms with E-state index in [0.717, 1.165) is 36.2 Å². The molecule has 3 atom stereocenters. The summed E-state index contributed by atoms with van der Waals surface area (Å²) in [5, 5.41) is 1.15. The van der Waals surface area contributed by atoms with Gasteiger partial charge in [-0.1, -0.05) is 12.1 Å². The highest BCUT2D eigenvalue weighted by Crippen LogP contribution is 2.45. The van der Waals surface area contributed by atoms with Crippen molar-refractivity contribution in [1.82, 2.24) is 24.7 Å². The van der Waals surface area contributed by atoms with Gasteiger partial charge in [0.1, 0.15) is 11.5 Å². The Labute approximate surface area is 175 Å². The number of halogens is 1. The zero-order valence-electron chi connectivity index (χ0n) is 17.3. The topological polar surface area (TPSA) is 55.5 Å². The van der Waals surface area contributed by atoms with Crippen LogP contribution in [0.5, 0.6) is 0 Å². The molecule has 2 amide bonds. The molecule has 0 radical (unpaired) electrons. The Morgan fingerprint density at radius 3 is 2.90 bits per heavy atom. The molecule has 5 rings (SSSR count). The van der Waals surface area contributed by atoms with Crippen LogP contribution in [-0.4, -0.2) is 64.4 Å². The third-order valence-electron chi connectivity index (χ3n) is 6.49. The van der Waals surface area contributed by atoms with Crippen molar-refractivity contribution < 1.29 is 9.18 Å². The van der Waals surface area contributed by atoms with Crippen LogP contribution in [0.3, 0.4) is 0 Å². The summed E-state index contributed by atoms with van der Waals surface area (Å²) in [6.07, 6.45) is 3.83. The van der Waals surface area contributed by atoms with E-state index < -0.39 is 0 Å². The number of fused-ring (bicyclic) bond motifs is 2. The largest absolute Gasteiger partial charge is 0.346 e. The molecule has 156 valence electrons. The van der Waals surface area contributed by atoms with E-state index in [2.05, 4.69) is 20.9 Å². The normalized spacial score (nSPS) is 23.8. The number of rotatable bonds is 3. The molecule has 0 saturated carbocycles. The molecule has 2 aliphatic rings. The maximum absolute atomic E-state index is 14.0. The lowest BCUT2D eigenvalue weighted by atomic mass is 9.89. The first-order valence-electron chi connectivity index (χ1n) is 10.4. The molecule has 1 N–H and O–H groups in total. The summed E-state index contributed by atoms with van der Waals surface area (Å²) >= 11 is 0. The number of hydrogen-bond acceptors (Lipinski definition) is 3. The van der Waals surface area contributed by atoms with Gasteiger partial charge >= 0.3 is 6.03 Å². The van der Waals surface area contributed by atoms with Gasteiger partial charge < -0.3 is 14.8 Å². The molecule has 0 aliphatic carbocycles. The van der Waals surface area contributed by atoms with E-state index in [1.807, 2.05) is 23.2 Å². The lowest BCUT2D eigenvalue weighted by molar-refractivity contribution is 0.151. The number of nitrogens with zero attached hydrogens (tertiary/aromatic N) is 4. The molecule has 6 nitrogen and oxygen atoms in total. The first kappa shape index (κ1) is 19.1. The van der Waals surface area contributed by atoms with Crippen LogP contribution < -0.4 is 0 Å². The molecule has 30 heavy (non-hydrogen) atoms. The predicted molar refractivity (Wildman–Crippen MR) is 113 cm³/mol. The van der Waals surface area contributed by atoms with Crippen LogP contribution in [0, 0.1) is 17.7 Å². The molecule has 4 heterocycles. The summed E-state index contributed by atoms with van der Waals surface area (Å²) < 4.78 is 14.0. The van der Waals surface area contributed by atoms with Gasteiger partial charge in [-0.3, -0.25) is 4.90 Å². The van der Waals surface area contributed by atoms with Crippen LogP contribution in [0.25, 0.3) is 11.0 Å². The standard InChI is InChI=1S/C23H26FN5O/c1-27(2)23(30)29-13-17-12-28(11-16-10-26-22-19(16)7-4-8-25-22)14-20(17)21(29)15-5-3-6-18(24)9-15/h3-10,17,20-21H,11-14H2,1-2H3,(H,25,26)/t17-,20-,21-/m1/s1. The summed E-state index contributed by atoms with van der Waals surface area (Å²) in [5.74, 6) is 0.416. The minimum atomic E-state index is -0.255. The van der Waals surface area contributed by atoms with Crippen LogP contribution in [0.15, 0.2) is 48.8 Å². The second kappa shape index (κ2) is 7.40. The van der Waals surface area contributed by atoms with Crippen molar-refractivity contribution >= 4 is 17.1 Å². The van der Waals surface area contributed by atoms with Gasteiger partial charge in [-0.25, -0.2) is 14.2 Å². The number of carbonyl (C=O) groups is 1. The van der Waals surface area contributed by atoms with E-state index in [4.69, 9.17) is 0 Å². The quantitative estimate of drug-likeness (QED) is 0.723. The number of likely N-dealkylation sites (tertiary alicyclic amines) is 2. The number of H-pyrrole nitrogens is 1. The second-order valence-corrected chi connectivity index (χ2v) is 8.66. The fourth-order valence-corrected chi connectivity index (χ4v) is 5.22. The molecule has 0 spiro atoms. The lowest BCUT2D eigenvalue weighted by Crippen LogP contribution is -2.41. The van der Waals surface area contributed by atoms with Crippen LogP contribution >= 0.6 is 0 Å². The Morgan fingerprint density at radius 2 is 2.10 bits per heavy atom. The molecular formula is C23H26FN5O. The van der Waals surface area contributed by atoms with Gasteiger partial charge in [-0.05, 0) is 41.3 Å². The fourth-order valence-electron chi connectivity index (χ4n) is 5.22. The zero-order chi connectivity index (χ0) is 20.8. The highest BCUT2D eigenvalue weighted by molar-refractivity contribution is 5.79. The number of aromatic amines is 1. The minimum absolute atomic E-state index is 0.00656. The number of amides is 2. The van der Waals surface area contributed by atoms with E-state index >= 15 is 0 Å². The average molecular weight is 407 g/mol. The maximum atomic E-state index is 14.0.